The van der Waals surface area contributed by atoms with Gasteiger partial charge in [0.25, 0.3) is 0 Å². The fraction of sp³-hybridized carbons (Fsp3) is 1.00. The summed E-state index contributed by atoms with van der Waals surface area (Å²) in [6, 6.07) is 0.521. The maximum Gasteiger partial charge on any atom is 0.0611 e. The molecule has 1 aliphatic rings. The van der Waals surface area contributed by atoms with Crippen LogP contribution in [0.5, 0.6) is 0 Å². The van der Waals surface area contributed by atoms with Crippen molar-refractivity contribution in [2.75, 3.05) is 45.9 Å². The Hall–Kier alpha value is -0.160. The minimum atomic E-state index is -0.150. The van der Waals surface area contributed by atoms with Gasteiger partial charge in [0.2, 0.25) is 0 Å². The van der Waals surface area contributed by atoms with Gasteiger partial charge in [-0.05, 0) is 32.7 Å². The average molecular weight is 285 g/mol. The topological polar surface area (TPSA) is 38.7 Å². The number of aliphatic hydroxyl groups is 1. The summed E-state index contributed by atoms with van der Waals surface area (Å²) in [7, 11) is 0. The lowest BCUT2D eigenvalue weighted by molar-refractivity contribution is 0.0678. The third kappa shape index (κ3) is 5.68. The fourth-order valence-corrected chi connectivity index (χ4v) is 3.30. The molecule has 2 N–H and O–H groups in total. The van der Waals surface area contributed by atoms with Crippen LogP contribution in [0.2, 0.25) is 0 Å². The first-order valence-electron chi connectivity index (χ1n) is 8.22. The van der Waals surface area contributed by atoms with E-state index in [0.29, 0.717) is 6.04 Å². The molecule has 0 aromatic rings. The number of rotatable bonds is 8. The molecule has 0 saturated carbocycles. The summed E-state index contributed by atoms with van der Waals surface area (Å²) in [5.74, 6) is 0.755. The molecule has 0 aromatic heterocycles. The molecule has 0 radical (unpaired) electrons. The van der Waals surface area contributed by atoms with Crippen LogP contribution in [0.1, 0.15) is 41.0 Å². The second-order valence-corrected chi connectivity index (χ2v) is 7.03. The maximum absolute atomic E-state index is 9.62. The molecule has 4 nitrogen and oxygen atoms in total. The van der Waals surface area contributed by atoms with Crippen LogP contribution in [0.3, 0.4) is 0 Å². The second kappa shape index (κ2) is 8.32. The zero-order valence-electron chi connectivity index (χ0n) is 14.2. The molecular weight excluding hydrogens is 250 g/mol. The predicted octanol–water partition coefficient (Wildman–Crippen LogP) is 1.40. The summed E-state index contributed by atoms with van der Waals surface area (Å²) in [4.78, 5) is 5.14. The van der Waals surface area contributed by atoms with E-state index in [1.807, 2.05) is 0 Å². The van der Waals surface area contributed by atoms with Gasteiger partial charge >= 0.3 is 0 Å². The lowest BCUT2D eigenvalue weighted by Gasteiger charge is -2.41. The normalized spacial score (nSPS) is 22.9. The van der Waals surface area contributed by atoms with E-state index in [9.17, 15) is 5.11 Å². The smallest absolute Gasteiger partial charge is 0.0611 e. The Kier molecular flexibility index (Phi) is 7.45. The van der Waals surface area contributed by atoms with Crippen LogP contribution >= 0.6 is 0 Å². The number of hydrogen-bond acceptors (Lipinski definition) is 4. The van der Waals surface area contributed by atoms with Crippen molar-refractivity contribution in [1.29, 1.82) is 0 Å². The van der Waals surface area contributed by atoms with E-state index in [2.05, 4.69) is 49.7 Å². The first-order chi connectivity index (χ1) is 9.40. The Morgan fingerprint density at radius 1 is 1.15 bits per heavy atom. The van der Waals surface area contributed by atoms with Crippen LogP contribution < -0.4 is 5.32 Å². The number of nitrogens with zero attached hydrogens (tertiary/aromatic N) is 2. The van der Waals surface area contributed by atoms with E-state index in [1.54, 1.807) is 0 Å². The SMILES string of the molecule is CCNC(C)(CO)CC(C)N1CCN(CC(C)C)CC1. The maximum atomic E-state index is 9.62. The van der Waals surface area contributed by atoms with Gasteiger partial charge in [-0.15, -0.1) is 0 Å². The van der Waals surface area contributed by atoms with E-state index in [0.717, 1.165) is 32.0 Å². The Morgan fingerprint density at radius 3 is 2.20 bits per heavy atom. The molecule has 4 heteroatoms. The lowest BCUT2D eigenvalue weighted by atomic mass is 9.93. The Labute approximate surface area is 125 Å². The van der Waals surface area contributed by atoms with Gasteiger partial charge < -0.3 is 15.3 Å². The molecule has 0 bridgehead atoms. The largest absolute Gasteiger partial charge is 0.394 e. The van der Waals surface area contributed by atoms with Gasteiger partial charge in [-0.1, -0.05) is 20.8 Å². The first-order valence-corrected chi connectivity index (χ1v) is 8.22. The summed E-state index contributed by atoms with van der Waals surface area (Å²) >= 11 is 0. The van der Waals surface area contributed by atoms with Crippen LogP contribution in [0.25, 0.3) is 0 Å². The van der Waals surface area contributed by atoms with Crippen molar-refractivity contribution in [3.05, 3.63) is 0 Å². The van der Waals surface area contributed by atoms with Crippen molar-refractivity contribution >= 4 is 0 Å². The quantitative estimate of drug-likeness (QED) is 0.707. The van der Waals surface area contributed by atoms with Crippen molar-refractivity contribution in [3.8, 4) is 0 Å². The predicted molar refractivity (Wildman–Crippen MR) is 86.1 cm³/mol. The third-order valence-corrected chi connectivity index (χ3v) is 4.35. The molecule has 20 heavy (non-hydrogen) atoms. The van der Waals surface area contributed by atoms with Gasteiger partial charge in [0.05, 0.1) is 6.61 Å². The van der Waals surface area contributed by atoms with E-state index < -0.39 is 0 Å². The number of aliphatic hydroxyl groups excluding tert-OH is 1. The summed E-state index contributed by atoms with van der Waals surface area (Å²) < 4.78 is 0. The first kappa shape index (κ1) is 17.9. The van der Waals surface area contributed by atoms with Gasteiger partial charge in [0.1, 0.15) is 0 Å². The third-order valence-electron chi connectivity index (χ3n) is 4.35. The summed E-state index contributed by atoms with van der Waals surface area (Å²) in [6.45, 7) is 18.1. The molecule has 0 amide bonds. The molecule has 0 aliphatic carbocycles. The minimum Gasteiger partial charge on any atom is -0.394 e. The molecule has 2 atom stereocenters. The van der Waals surface area contributed by atoms with Crippen molar-refractivity contribution in [2.45, 2.75) is 52.6 Å². The zero-order valence-corrected chi connectivity index (χ0v) is 14.2. The highest BCUT2D eigenvalue weighted by Crippen LogP contribution is 2.18. The van der Waals surface area contributed by atoms with Crippen LogP contribution in [0, 0.1) is 5.92 Å². The van der Waals surface area contributed by atoms with Crippen LogP contribution in [0.15, 0.2) is 0 Å². The minimum absolute atomic E-state index is 0.150. The molecule has 2 unspecified atom stereocenters. The molecule has 1 saturated heterocycles. The van der Waals surface area contributed by atoms with E-state index in [4.69, 9.17) is 0 Å². The van der Waals surface area contributed by atoms with Crippen LogP contribution in [0.4, 0.5) is 0 Å². The molecule has 1 heterocycles. The molecule has 1 fully saturated rings. The summed E-state index contributed by atoms with van der Waals surface area (Å²) in [5, 5.41) is 13.0. The van der Waals surface area contributed by atoms with Gasteiger partial charge in [0.15, 0.2) is 0 Å². The van der Waals surface area contributed by atoms with Crippen molar-refractivity contribution < 1.29 is 5.11 Å². The number of piperazine rings is 1. The number of nitrogens with one attached hydrogen (secondary N) is 1. The van der Waals surface area contributed by atoms with Gasteiger partial charge in [0, 0.05) is 44.3 Å². The highest BCUT2D eigenvalue weighted by atomic mass is 16.3. The number of likely N-dealkylation sites (N-methyl/N-ethyl adjacent to an activating group) is 1. The average Bonchev–Trinajstić information content (AvgIpc) is 2.39. The molecule has 0 aromatic carbocycles. The zero-order chi connectivity index (χ0) is 15.2. The van der Waals surface area contributed by atoms with Crippen molar-refractivity contribution in [3.63, 3.8) is 0 Å². The van der Waals surface area contributed by atoms with E-state index >= 15 is 0 Å². The van der Waals surface area contributed by atoms with Crippen molar-refractivity contribution in [2.24, 2.45) is 5.92 Å². The molecule has 1 rings (SSSR count). The standard InChI is InChI=1S/C16H35N3O/c1-6-17-16(5,13-20)11-15(4)19-9-7-18(8-10-19)12-14(2)3/h14-15,17,20H,6-13H2,1-5H3. The molecular formula is C16H35N3O. The highest BCUT2D eigenvalue weighted by molar-refractivity contribution is 4.88. The van der Waals surface area contributed by atoms with Crippen molar-refractivity contribution in [1.82, 2.24) is 15.1 Å². The molecule has 0 spiro atoms. The summed E-state index contributed by atoms with van der Waals surface area (Å²) in [6.07, 6.45) is 1.00. The Bertz CT molecular complexity index is 264. The van der Waals surface area contributed by atoms with Gasteiger partial charge in [-0.2, -0.15) is 0 Å². The monoisotopic (exact) mass is 285 g/mol. The van der Waals surface area contributed by atoms with Crippen LogP contribution in [-0.4, -0.2) is 72.4 Å². The van der Waals surface area contributed by atoms with E-state index in [1.165, 1.54) is 19.6 Å². The fourth-order valence-electron chi connectivity index (χ4n) is 3.30. The Balaban J connectivity index is 2.40. The summed E-state index contributed by atoms with van der Waals surface area (Å²) in [5.41, 5.74) is -0.150. The van der Waals surface area contributed by atoms with Gasteiger partial charge in [-0.25, -0.2) is 0 Å². The number of hydrogen-bond donors (Lipinski definition) is 2. The highest BCUT2D eigenvalue weighted by Gasteiger charge is 2.29. The van der Waals surface area contributed by atoms with Gasteiger partial charge in [-0.3, -0.25) is 4.90 Å². The second-order valence-electron chi connectivity index (χ2n) is 7.03. The van der Waals surface area contributed by atoms with Crippen LogP contribution in [-0.2, 0) is 0 Å². The lowest BCUT2D eigenvalue weighted by Crippen LogP contribution is -2.54. The molecule has 1 aliphatic heterocycles. The van der Waals surface area contributed by atoms with E-state index in [-0.39, 0.29) is 12.1 Å². The molecule has 120 valence electrons. The Morgan fingerprint density at radius 2 is 1.75 bits per heavy atom.